The number of hydrogen-bond acceptors (Lipinski definition) is 4. The lowest BCUT2D eigenvalue weighted by Gasteiger charge is -2.23. The molecule has 0 unspecified atom stereocenters. The molecule has 0 aliphatic rings. The molecule has 1 N–H and O–H groups in total. The zero-order valence-electron chi connectivity index (χ0n) is 20.7. The Hall–Kier alpha value is -3.69. The first-order valence-corrected chi connectivity index (χ1v) is 13.8. The molecule has 1 aromatic heterocycles. The Morgan fingerprint density at radius 3 is 2.38 bits per heavy atom. The normalized spacial score (nSPS) is 11.6. The van der Waals surface area contributed by atoms with Gasteiger partial charge in [-0.25, -0.2) is 13.8 Å². The van der Waals surface area contributed by atoms with E-state index in [0.717, 1.165) is 32.5 Å². The van der Waals surface area contributed by atoms with Crippen LogP contribution in [0.1, 0.15) is 22.5 Å². The molecule has 0 saturated heterocycles. The smallest absolute Gasteiger partial charge is 0.264 e. The van der Waals surface area contributed by atoms with E-state index in [1.165, 1.54) is 12.1 Å². The molecule has 4 rings (SSSR count). The number of nitrogens with zero attached hydrogens (tertiary/aromatic N) is 3. The zero-order chi connectivity index (χ0) is 26.6. The number of hydrazone groups is 1. The van der Waals surface area contributed by atoms with Gasteiger partial charge in [0, 0.05) is 27.1 Å². The summed E-state index contributed by atoms with van der Waals surface area (Å²) in [5, 5.41) is 4.12. The zero-order valence-corrected chi connectivity index (χ0v) is 23.1. The highest BCUT2D eigenvalue weighted by atomic mass is 79.9. The molecule has 3 aromatic carbocycles. The number of carbonyl (C=O) groups is 1. The fourth-order valence-corrected chi connectivity index (χ4v) is 5.93. The lowest BCUT2D eigenvalue weighted by molar-refractivity contribution is -0.119. The van der Waals surface area contributed by atoms with Gasteiger partial charge < -0.3 is 4.57 Å². The van der Waals surface area contributed by atoms with Gasteiger partial charge in [-0.2, -0.15) is 5.10 Å². The Morgan fingerprint density at radius 1 is 0.973 bits per heavy atom. The summed E-state index contributed by atoms with van der Waals surface area (Å²) >= 11 is 3.38. The maximum absolute atomic E-state index is 13.4. The van der Waals surface area contributed by atoms with Crippen LogP contribution in [0.3, 0.4) is 0 Å². The van der Waals surface area contributed by atoms with Crippen molar-refractivity contribution in [1.29, 1.82) is 0 Å². The van der Waals surface area contributed by atoms with Crippen molar-refractivity contribution in [2.45, 2.75) is 25.7 Å². The van der Waals surface area contributed by atoms with Crippen LogP contribution in [0.5, 0.6) is 0 Å². The van der Waals surface area contributed by atoms with Gasteiger partial charge in [0.2, 0.25) is 0 Å². The summed E-state index contributed by atoms with van der Waals surface area (Å²) in [5.41, 5.74) is 7.93. The highest BCUT2D eigenvalue weighted by Gasteiger charge is 2.27. The van der Waals surface area contributed by atoms with Gasteiger partial charge >= 0.3 is 0 Å². The second-order valence-corrected chi connectivity index (χ2v) is 11.3. The van der Waals surface area contributed by atoms with E-state index in [1.807, 2.05) is 32.0 Å². The summed E-state index contributed by atoms with van der Waals surface area (Å²) in [6, 6.07) is 24.9. The van der Waals surface area contributed by atoms with Gasteiger partial charge in [0.1, 0.15) is 6.54 Å². The molecule has 4 aromatic rings. The molecule has 1 heterocycles. The van der Waals surface area contributed by atoms with Crippen LogP contribution < -0.4 is 9.73 Å². The van der Waals surface area contributed by atoms with Crippen LogP contribution in [0.4, 0.5) is 5.69 Å². The van der Waals surface area contributed by atoms with Crippen LogP contribution in [0, 0.1) is 20.8 Å². The van der Waals surface area contributed by atoms with E-state index >= 15 is 0 Å². The highest BCUT2D eigenvalue weighted by molar-refractivity contribution is 9.10. The van der Waals surface area contributed by atoms with Gasteiger partial charge in [-0.3, -0.25) is 9.10 Å². The number of aryl methyl sites for hydroxylation is 2. The van der Waals surface area contributed by atoms with E-state index in [9.17, 15) is 13.2 Å². The summed E-state index contributed by atoms with van der Waals surface area (Å²) in [6.45, 7) is 5.62. The maximum Gasteiger partial charge on any atom is 0.264 e. The van der Waals surface area contributed by atoms with Crippen LogP contribution in [-0.2, 0) is 14.8 Å². The molecular formula is C28H27BrN4O3S. The number of rotatable bonds is 8. The Labute approximate surface area is 225 Å². The summed E-state index contributed by atoms with van der Waals surface area (Å²) in [6.07, 6.45) is 1.57. The van der Waals surface area contributed by atoms with E-state index < -0.39 is 22.5 Å². The quantitative estimate of drug-likeness (QED) is 0.221. The fraction of sp³-hybridized carbons (Fsp3) is 0.143. The number of benzene rings is 3. The number of nitrogens with one attached hydrogen (secondary N) is 1. The number of carbonyl (C=O) groups excluding carboxylic acids is 1. The molecular weight excluding hydrogens is 552 g/mol. The average molecular weight is 580 g/mol. The second kappa shape index (κ2) is 11.1. The number of para-hydroxylation sites is 1. The maximum atomic E-state index is 13.4. The van der Waals surface area contributed by atoms with Gasteiger partial charge in [0.15, 0.2) is 0 Å². The van der Waals surface area contributed by atoms with Crippen molar-refractivity contribution < 1.29 is 13.2 Å². The molecule has 37 heavy (non-hydrogen) atoms. The van der Waals surface area contributed by atoms with E-state index in [4.69, 9.17) is 0 Å². The summed E-state index contributed by atoms with van der Waals surface area (Å²) in [4.78, 5) is 12.9. The van der Waals surface area contributed by atoms with Gasteiger partial charge in [0.05, 0.1) is 16.8 Å². The number of aromatic nitrogens is 1. The van der Waals surface area contributed by atoms with Crippen molar-refractivity contribution in [3.63, 3.8) is 0 Å². The van der Waals surface area contributed by atoms with E-state index in [-0.39, 0.29) is 4.90 Å². The summed E-state index contributed by atoms with van der Waals surface area (Å²) < 4.78 is 30.7. The molecule has 0 bridgehead atoms. The number of amides is 1. The molecule has 0 saturated carbocycles. The molecule has 1 amide bonds. The number of hydrogen-bond donors (Lipinski definition) is 1. The summed E-state index contributed by atoms with van der Waals surface area (Å²) in [7, 11) is -3.99. The van der Waals surface area contributed by atoms with Gasteiger partial charge in [-0.05, 0) is 68.8 Å². The topological polar surface area (TPSA) is 83.8 Å². The van der Waals surface area contributed by atoms with Crippen LogP contribution in [0.15, 0.2) is 99.4 Å². The Kier molecular flexibility index (Phi) is 7.94. The lowest BCUT2D eigenvalue weighted by atomic mass is 10.2. The molecule has 0 aliphatic carbocycles. The van der Waals surface area contributed by atoms with Crippen molar-refractivity contribution in [3.8, 4) is 5.69 Å². The first-order chi connectivity index (χ1) is 17.7. The molecule has 0 atom stereocenters. The van der Waals surface area contributed by atoms with E-state index in [0.29, 0.717) is 10.2 Å². The molecule has 9 heteroatoms. The van der Waals surface area contributed by atoms with Crippen molar-refractivity contribution in [1.82, 2.24) is 9.99 Å². The Balaban J connectivity index is 1.55. The largest absolute Gasteiger partial charge is 0.318 e. The highest BCUT2D eigenvalue weighted by Crippen LogP contribution is 2.26. The third-order valence-electron chi connectivity index (χ3n) is 5.93. The Morgan fingerprint density at radius 2 is 1.68 bits per heavy atom. The predicted octanol–water partition coefficient (Wildman–Crippen LogP) is 5.51. The summed E-state index contributed by atoms with van der Waals surface area (Å²) in [5.74, 6) is -0.566. The molecule has 7 nitrogen and oxygen atoms in total. The number of sulfonamides is 1. The van der Waals surface area contributed by atoms with Gasteiger partial charge in [-0.15, -0.1) is 0 Å². The van der Waals surface area contributed by atoms with Crippen LogP contribution in [-0.4, -0.2) is 31.7 Å². The molecule has 0 spiro atoms. The van der Waals surface area contributed by atoms with Gasteiger partial charge in [0.25, 0.3) is 15.9 Å². The third kappa shape index (κ3) is 5.84. The van der Waals surface area contributed by atoms with Crippen LogP contribution >= 0.6 is 15.9 Å². The van der Waals surface area contributed by atoms with Crippen LogP contribution in [0.25, 0.3) is 5.69 Å². The molecule has 0 radical (unpaired) electrons. The van der Waals surface area contributed by atoms with Crippen molar-refractivity contribution in [3.05, 3.63) is 112 Å². The number of halogens is 1. The first kappa shape index (κ1) is 26.4. The van der Waals surface area contributed by atoms with E-state index in [1.54, 1.807) is 48.7 Å². The SMILES string of the molecule is Cc1ccccc1-n1c(C)cc(/C=N\NC(=O)CN(c2cccc(Br)c2)S(=O)(=O)c2ccccc2)c1C. The molecule has 0 aliphatic heterocycles. The molecule has 190 valence electrons. The monoisotopic (exact) mass is 578 g/mol. The second-order valence-electron chi connectivity index (χ2n) is 8.55. The average Bonchev–Trinajstić information content (AvgIpc) is 3.16. The van der Waals surface area contributed by atoms with Crippen LogP contribution in [0.2, 0.25) is 0 Å². The predicted molar refractivity (Wildman–Crippen MR) is 151 cm³/mol. The minimum atomic E-state index is -3.99. The molecule has 0 fully saturated rings. The minimum absolute atomic E-state index is 0.0925. The standard InChI is InChI=1S/C28H27BrN4O3S/c1-20-10-7-8-15-27(20)33-21(2)16-23(22(33)3)18-30-31-28(34)19-32(25-12-9-11-24(29)17-25)37(35,36)26-13-5-4-6-14-26/h4-18H,19H2,1-3H3,(H,31,34)/b30-18-. The lowest BCUT2D eigenvalue weighted by Crippen LogP contribution is -2.39. The van der Waals surface area contributed by atoms with Crippen molar-refractivity contribution in [2.24, 2.45) is 5.10 Å². The van der Waals surface area contributed by atoms with Gasteiger partial charge in [-0.1, -0.05) is 58.4 Å². The van der Waals surface area contributed by atoms with E-state index in [2.05, 4.69) is 50.1 Å². The minimum Gasteiger partial charge on any atom is -0.318 e. The fourth-order valence-electron chi connectivity index (χ4n) is 4.11. The first-order valence-electron chi connectivity index (χ1n) is 11.6. The van der Waals surface area contributed by atoms with Crippen molar-refractivity contribution in [2.75, 3.05) is 10.8 Å². The number of anilines is 1. The Bertz CT molecular complexity index is 1560. The third-order valence-corrected chi connectivity index (χ3v) is 8.22. The van der Waals surface area contributed by atoms with Crippen molar-refractivity contribution >= 4 is 43.8 Å².